The van der Waals surface area contributed by atoms with Gasteiger partial charge in [-0.3, -0.25) is 14.4 Å². The molecule has 0 unspecified atom stereocenters. The van der Waals surface area contributed by atoms with E-state index in [1.54, 1.807) is 6.07 Å². The van der Waals surface area contributed by atoms with Crippen LogP contribution in [0.3, 0.4) is 0 Å². The molecule has 0 saturated heterocycles. The van der Waals surface area contributed by atoms with Gasteiger partial charge in [-0.2, -0.15) is 0 Å². The van der Waals surface area contributed by atoms with Crippen molar-refractivity contribution in [2.45, 2.75) is 33.6 Å². The Balaban J connectivity index is 1.94. The Morgan fingerprint density at radius 1 is 1.23 bits per heavy atom. The molecule has 30 heavy (non-hydrogen) atoms. The number of anilines is 1. The molecule has 160 valence electrons. The number of hydrogen-bond donors (Lipinski definition) is 4. The average molecular weight is 412 g/mol. The highest BCUT2D eigenvalue weighted by Gasteiger charge is 2.34. The second-order valence-corrected chi connectivity index (χ2v) is 8.47. The van der Waals surface area contributed by atoms with E-state index in [0.717, 1.165) is 28.9 Å². The van der Waals surface area contributed by atoms with Gasteiger partial charge in [0.15, 0.2) is 5.78 Å². The number of aromatic nitrogens is 1. The molecule has 3 rings (SSSR count). The molecule has 0 spiro atoms. The second kappa shape index (κ2) is 8.31. The van der Waals surface area contributed by atoms with Gasteiger partial charge in [-0.1, -0.05) is 13.8 Å². The fourth-order valence-corrected chi connectivity index (χ4v) is 4.01. The monoisotopic (exact) mass is 412 g/mol. The van der Waals surface area contributed by atoms with E-state index >= 15 is 0 Å². The lowest BCUT2D eigenvalue weighted by molar-refractivity contribution is -0.123. The summed E-state index contributed by atoms with van der Waals surface area (Å²) in [6.45, 7) is 6.17. The molecule has 5 N–H and O–H groups in total. The van der Waals surface area contributed by atoms with Crippen LogP contribution in [0.5, 0.6) is 0 Å². The fraction of sp³-hybridized carbons (Fsp3) is 0.409. The van der Waals surface area contributed by atoms with Crippen LogP contribution in [0, 0.1) is 12.3 Å². The van der Waals surface area contributed by atoms with Crippen LogP contribution in [0.25, 0.3) is 5.69 Å². The minimum absolute atomic E-state index is 0.119. The number of nitrogens with zero attached hydrogens (tertiary/aromatic N) is 1. The van der Waals surface area contributed by atoms with Crippen molar-refractivity contribution in [2.75, 3.05) is 25.0 Å². The highest BCUT2D eigenvalue weighted by atomic mass is 16.3. The first kappa shape index (κ1) is 21.6. The first-order valence-corrected chi connectivity index (χ1v) is 9.92. The Hall–Kier alpha value is -3.13. The van der Waals surface area contributed by atoms with Gasteiger partial charge >= 0.3 is 0 Å². The quantitative estimate of drug-likeness (QED) is 0.514. The van der Waals surface area contributed by atoms with Crippen molar-refractivity contribution in [1.82, 2.24) is 9.88 Å². The third-order valence-electron chi connectivity index (χ3n) is 5.31. The van der Waals surface area contributed by atoms with Gasteiger partial charge in [0.2, 0.25) is 5.91 Å². The molecule has 0 aliphatic heterocycles. The number of aliphatic hydroxyl groups is 1. The Morgan fingerprint density at radius 3 is 2.63 bits per heavy atom. The van der Waals surface area contributed by atoms with Crippen molar-refractivity contribution < 1.29 is 19.5 Å². The van der Waals surface area contributed by atoms with Crippen LogP contribution in [0.15, 0.2) is 24.4 Å². The highest BCUT2D eigenvalue weighted by molar-refractivity contribution is 6.01. The first-order chi connectivity index (χ1) is 14.1. The molecule has 2 amide bonds. The minimum atomic E-state index is -0.574. The van der Waals surface area contributed by atoms with Gasteiger partial charge in [0.1, 0.15) is 6.61 Å². The number of rotatable bonds is 7. The molecule has 0 fully saturated rings. The number of carbonyl (C=O) groups is 3. The van der Waals surface area contributed by atoms with Crippen LogP contribution in [-0.2, 0) is 11.2 Å². The van der Waals surface area contributed by atoms with Crippen LogP contribution in [-0.4, -0.2) is 47.0 Å². The highest BCUT2D eigenvalue weighted by Crippen LogP contribution is 2.38. The molecule has 2 aromatic rings. The molecule has 1 heterocycles. The molecule has 0 atom stereocenters. The summed E-state index contributed by atoms with van der Waals surface area (Å²) in [6.07, 6.45) is 3.25. The number of aryl methyl sites for hydroxylation is 1. The Labute approximate surface area is 175 Å². The maximum atomic E-state index is 12.7. The Kier molecular flexibility index (Phi) is 5.98. The van der Waals surface area contributed by atoms with E-state index in [0.29, 0.717) is 24.2 Å². The van der Waals surface area contributed by atoms with Crippen molar-refractivity contribution >= 4 is 23.3 Å². The molecule has 1 aromatic heterocycles. The second-order valence-electron chi connectivity index (χ2n) is 8.47. The summed E-state index contributed by atoms with van der Waals surface area (Å²) in [5.41, 5.74) is 9.78. The van der Waals surface area contributed by atoms with E-state index in [9.17, 15) is 14.4 Å². The maximum Gasteiger partial charge on any atom is 0.250 e. The number of nitrogens with two attached hydrogens (primary N) is 1. The molecule has 1 aromatic carbocycles. The number of benzene rings is 1. The molecule has 0 saturated carbocycles. The zero-order valence-corrected chi connectivity index (χ0v) is 17.5. The molecule has 0 bridgehead atoms. The minimum Gasteiger partial charge on any atom is -0.387 e. The number of carbonyl (C=O) groups excluding carboxylic acids is 3. The van der Waals surface area contributed by atoms with Crippen molar-refractivity contribution in [3.8, 4) is 5.69 Å². The van der Waals surface area contributed by atoms with Crippen molar-refractivity contribution in [3.63, 3.8) is 0 Å². The van der Waals surface area contributed by atoms with Crippen molar-refractivity contribution in [3.05, 3.63) is 46.8 Å². The van der Waals surface area contributed by atoms with Gasteiger partial charge < -0.3 is 26.0 Å². The smallest absolute Gasteiger partial charge is 0.250 e. The molecule has 0 radical (unpaired) electrons. The van der Waals surface area contributed by atoms with Gasteiger partial charge in [-0.15, -0.1) is 0 Å². The molecule has 1 aliphatic rings. The average Bonchev–Trinajstić information content (AvgIpc) is 2.99. The number of ketones is 1. The van der Waals surface area contributed by atoms with E-state index in [1.165, 1.54) is 0 Å². The number of nitrogens with one attached hydrogen (secondary N) is 2. The summed E-state index contributed by atoms with van der Waals surface area (Å²) in [5.74, 6) is -0.878. The first-order valence-electron chi connectivity index (χ1n) is 9.92. The number of aliphatic hydroxyl groups excluding tert-OH is 1. The van der Waals surface area contributed by atoms with Crippen LogP contribution in [0.4, 0.5) is 5.69 Å². The van der Waals surface area contributed by atoms with Gasteiger partial charge in [0, 0.05) is 48.3 Å². The SMILES string of the molecule is Cc1cn(-c2ccc(C(N)=O)c(NCCNC(=O)CO)c2)c2c1C(=O)CC(C)(C)C2. The number of amides is 2. The summed E-state index contributed by atoms with van der Waals surface area (Å²) in [5, 5.41) is 14.4. The van der Waals surface area contributed by atoms with Crippen LogP contribution >= 0.6 is 0 Å². The van der Waals surface area contributed by atoms with Crippen LogP contribution in [0.1, 0.15) is 52.2 Å². The lowest BCUT2D eigenvalue weighted by Crippen LogP contribution is -2.31. The van der Waals surface area contributed by atoms with Gasteiger partial charge in [-0.25, -0.2) is 0 Å². The molecule has 8 nitrogen and oxygen atoms in total. The van der Waals surface area contributed by atoms with Gasteiger partial charge in [0.25, 0.3) is 5.91 Å². The molecular formula is C22H28N4O4. The van der Waals surface area contributed by atoms with E-state index in [4.69, 9.17) is 10.8 Å². The number of fused-ring (bicyclic) bond motifs is 1. The molecule has 1 aliphatic carbocycles. The molecular weight excluding hydrogens is 384 g/mol. The third-order valence-corrected chi connectivity index (χ3v) is 5.31. The summed E-state index contributed by atoms with van der Waals surface area (Å²) in [7, 11) is 0. The number of primary amides is 1. The zero-order chi connectivity index (χ0) is 22.1. The fourth-order valence-electron chi connectivity index (χ4n) is 4.01. The third kappa shape index (κ3) is 4.38. The van der Waals surface area contributed by atoms with Crippen LogP contribution < -0.4 is 16.4 Å². The van der Waals surface area contributed by atoms with Gasteiger partial charge in [0.05, 0.1) is 5.56 Å². The lowest BCUT2D eigenvalue weighted by Gasteiger charge is -2.30. The Bertz CT molecular complexity index is 1010. The van der Waals surface area contributed by atoms with E-state index in [1.807, 2.05) is 29.8 Å². The predicted octanol–water partition coefficient (Wildman–Crippen LogP) is 1.56. The van der Waals surface area contributed by atoms with E-state index in [2.05, 4.69) is 24.5 Å². The molecule has 8 heteroatoms. The maximum absolute atomic E-state index is 12.7. The zero-order valence-electron chi connectivity index (χ0n) is 17.5. The van der Waals surface area contributed by atoms with Gasteiger partial charge in [-0.05, 0) is 42.5 Å². The summed E-state index contributed by atoms with van der Waals surface area (Å²) in [4.78, 5) is 35.7. The largest absolute Gasteiger partial charge is 0.387 e. The number of hydrogen-bond acceptors (Lipinski definition) is 5. The lowest BCUT2D eigenvalue weighted by atomic mass is 9.75. The predicted molar refractivity (Wildman–Crippen MR) is 114 cm³/mol. The summed E-state index contributed by atoms with van der Waals surface area (Å²) < 4.78 is 2.01. The van der Waals surface area contributed by atoms with Crippen molar-refractivity contribution in [1.29, 1.82) is 0 Å². The van der Waals surface area contributed by atoms with E-state index in [-0.39, 0.29) is 17.7 Å². The Morgan fingerprint density at radius 2 is 1.97 bits per heavy atom. The van der Waals surface area contributed by atoms with Crippen molar-refractivity contribution in [2.24, 2.45) is 11.1 Å². The normalized spacial score (nSPS) is 14.9. The summed E-state index contributed by atoms with van der Waals surface area (Å²) in [6, 6.07) is 5.29. The topological polar surface area (TPSA) is 126 Å². The van der Waals surface area contributed by atoms with Crippen LogP contribution in [0.2, 0.25) is 0 Å². The van der Waals surface area contributed by atoms with E-state index < -0.39 is 18.4 Å². The standard InChI is InChI=1S/C22H28N4O4/c1-13-11-26(17-9-22(2,3)10-18(28)20(13)17)14-4-5-15(21(23)30)16(8-14)24-6-7-25-19(29)12-27/h4-5,8,11,24,27H,6-7,9-10,12H2,1-3H3,(H2,23,30)(H,25,29). The summed E-state index contributed by atoms with van der Waals surface area (Å²) >= 11 is 0. The number of Topliss-reactive ketones (excluding diaryl/α,β-unsaturated/α-hetero) is 1.